The molecule has 0 aromatic rings. The minimum Gasteiger partial charge on any atom is -0.315 e. The summed E-state index contributed by atoms with van der Waals surface area (Å²) in [6.07, 6.45) is 6.91. The molecule has 0 spiro atoms. The molecule has 13 heavy (non-hydrogen) atoms. The van der Waals surface area contributed by atoms with Crippen molar-refractivity contribution in [3.63, 3.8) is 0 Å². The fraction of sp³-hybridized carbons (Fsp3) is 1.00. The van der Waals surface area contributed by atoms with Gasteiger partial charge >= 0.3 is 0 Å². The molecule has 1 aliphatic heterocycles. The third kappa shape index (κ3) is 2.44. The van der Waals surface area contributed by atoms with Crippen LogP contribution in [0.15, 0.2) is 0 Å². The van der Waals surface area contributed by atoms with Crippen molar-refractivity contribution in [1.29, 1.82) is 0 Å². The molecule has 2 N–H and O–H groups in total. The standard InChI is InChI=1S/C11H22N2/c1-2-11(6-3-7-13-11)9-12-8-10-4-5-10/h10,12-13H,2-9H2,1H3. The zero-order chi connectivity index (χ0) is 9.15. The fourth-order valence-electron chi connectivity index (χ4n) is 2.28. The summed E-state index contributed by atoms with van der Waals surface area (Å²) < 4.78 is 0. The van der Waals surface area contributed by atoms with Gasteiger partial charge in [0, 0.05) is 12.1 Å². The summed E-state index contributed by atoms with van der Waals surface area (Å²) in [6.45, 7) is 5.96. The molecule has 2 nitrogen and oxygen atoms in total. The lowest BCUT2D eigenvalue weighted by Gasteiger charge is -2.28. The van der Waals surface area contributed by atoms with E-state index in [2.05, 4.69) is 17.6 Å². The Kier molecular flexibility index (Phi) is 2.89. The van der Waals surface area contributed by atoms with Crippen molar-refractivity contribution in [3.05, 3.63) is 0 Å². The van der Waals surface area contributed by atoms with Crippen LogP contribution in [0.25, 0.3) is 0 Å². The molecule has 0 aromatic carbocycles. The van der Waals surface area contributed by atoms with E-state index in [0.29, 0.717) is 5.54 Å². The number of rotatable bonds is 5. The van der Waals surface area contributed by atoms with Gasteiger partial charge in [-0.2, -0.15) is 0 Å². The van der Waals surface area contributed by atoms with Crippen molar-refractivity contribution in [2.24, 2.45) is 5.92 Å². The van der Waals surface area contributed by atoms with Crippen molar-refractivity contribution < 1.29 is 0 Å². The molecule has 2 aliphatic rings. The minimum atomic E-state index is 0.439. The number of nitrogens with one attached hydrogen (secondary N) is 2. The van der Waals surface area contributed by atoms with E-state index in [1.165, 1.54) is 51.7 Å². The maximum Gasteiger partial charge on any atom is 0.0304 e. The third-order valence-corrected chi connectivity index (χ3v) is 3.60. The molecule has 0 radical (unpaired) electrons. The lowest BCUT2D eigenvalue weighted by molar-refractivity contribution is 0.339. The van der Waals surface area contributed by atoms with E-state index >= 15 is 0 Å². The molecule has 1 unspecified atom stereocenters. The van der Waals surface area contributed by atoms with Crippen LogP contribution in [0.1, 0.15) is 39.0 Å². The van der Waals surface area contributed by atoms with Crippen molar-refractivity contribution >= 4 is 0 Å². The maximum absolute atomic E-state index is 3.65. The summed E-state index contributed by atoms with van der Waals surface area (Å²) >= 11 is 0. The van der Waals surface area contributed by atoms with Crippen molar-refractivity contribution in [2.45, 2.75) is 44.6 Å². The lowest BCUT2D eigenvalue weighted by Crippen LogP contribution is -2.48. The predicted molar refractivity (Wildman–Crippen MR) is 55.9 cm³/mol. The molecule has 2 rings (SSSR count). The van der Waals surface area contributed by atoms with E-state index in [1.807, 2.05) is 0 Å². The highest BCUT2D eigenvalue weighted by Crippen LogP contribution is 2.28. The van der Waals surface area contributed by atoms with Crippen LogP contribution in [-0.4, -0.2) is 25.2 Å². The van der Waals surface area contributed by atoms with E-state index < -0.39 is 0 Å². The molecule has 2 heteroatoms. The highest BCUT2D eigenvalue weighted by Gasteiger charge is 2.31. The first-order valence-corrected chi connectivity index (χ1v) is 5.80. The van der Waals surface area contributed by atoms with E-state index in [4.69, 9.17) is 0 Å². The van der Waals surface area contributed by atoms with Crippen LogP contribution in [0.5, 0.6) is 0 Å². The molecule has 0 amide bonds. The quantitative estimate of drug-likeness (QED) is 0.673. The molecule has 0 aromatic heterocycles. The van der Waals surface area contributed by atoms with Gasteiger partial charge in [-0.25, -0.2) is 0 Å². The minimum absolute atomic E-state index is 0.439. The van der Waals surface area contributed by atoms with Crippen LogP contribution >= 0.6 is 0 Å². The summed E-state index contributed by atoms with van der Waals surface area (Å²) in [5.74, 6) is 1.01. The molecule has 1 atom stereocenters. The van der Waals surface area contributed by atoms with Gasteiger partial charge in [-0.15, -0.1) is 0 Å². The highest BCUT2D eigenvalue weighted by molar-refractivity contribution is 4.94. The lowest BCUT2D eigenvalue weighted by atomic mass is 9.94. The van der Waals surface area contributed by atoms with Gasteiger partial charge in [0.2, 0.25) is 0 Å². The largest absolute Gasteiger partial charge is 0.315 e. The second-order valence-electron chi connectivity index (χ2n) is 4.74. The molecular weight excluding hydrogens is 160 g/mol. The molecule has 2 fully saturated rings. The van der Waals surface area contributed by atoms with E-state index in [-0.39, 0.29) is 0 Å². The summed E-state index contributed by atoms with van der Waals surface area (Å²) in [6, 6.07) is 0. The van der Waals surface area contributed by atoms with Crippen molar-refractivity contribution in [1.82, 2.24) is 10.6 Å². The van der Waals surface area contributed by atoms with Crippen molar-refractivity contribution in [3.8, 4) is 0 Å². The molecule has 1 saturated heterocycles. The van der Waals surface area contributed by atoms with E-state index in [9.17, 15) is 0 Å². The Morgan fingerprint density at radius 3 is 2.85 bits per heavy atom. The molecule has 1 heterocycles. The molecule has 76 valence electrons. The Morgan fingerprint density at radius 1 is 1.46 bits per heavy atom. The average molecular weight is 182 g/mol. The normalized spacial score (nSPS) is 33.9. The van der Waals surface area contributed by atoms with Crippen LogP contribution in [-0.2, 0) is 0 Å². The van der Waals surface area contributed by atoms with E-state index in [0.717, 1.165) is 5.92 Å². The van der Waals surface area contributed by atoms with Gasteiger partial charge in [-0.05, 0) is 51.1 Å². The smallest absolute Gasteiger partial charge is 0.0304 e. The molecular formula is C11H22N2. The average Bonchev–Trinajstić information content (AvgIpc) is 2.84. The summed E-state index contributed by atoms with van der Waals surface area (Å²) in [5.41, 5.74) is 0.439. The molecule has 0 bridgehead atoms. The SMILES string of the molecule is CCC1(CNCC2CC2)CCCN1. The Labute approximate surface area is 81.5 Å². The second-order valence-corrected chi connectivity index (χ2v) is 4.74. The van der Waals surface area contributed by atoms with Crippen LogP contribution in [0.2, 0.25) is 0 Å². The van der Waals surface area contributed by atoms with Gasteiger partial charge in [0.05, 0.1) is 0 Å². The Hall–Kier alpha value is -0.0800. The van der Waals surface area contributed by atoms with E-state index in [1.54, 1.807) is 0 Å². The van der Waals surface area contributed by atoms with Crippen LogP contribution < -0.4 is 10.6 Å². The summed E-state index contributed by atoms with van der Waals surface area (Å²) in [7, 11) is 0. The van der Waals surface area contributed by atoms with Crippen LogP contribution in [0.3, 0.4) is 0 Å². The van der Waals surface area contributed by atoms with Gasteiger partial charge in [-0.1, -0.05) is 6.92 Å². The Bertz CT molecular complexity index is 157. The zero-order valence-electron chi connectivity index (χ0n) is 8.73. The number of hydrogen-bond acceptors (Lipinski definition) is 2. The maximum atomic E-state index is 3.65. The third-order valence-electron chi connectivity index (χ3n) is 3.60. The Morgan fingerprint density at radius 2 is 2.31 bits per heavy atom. The topological polar surface area (TPSA) is 24.1 Å². The predicted octanol–water partition coefficient (Wildman–Crippen LogP) is 1.52. The molecule has 1 saturated carbocycles. The van der Waals surface area contributed by atoms with Crippen LogP contribution in [0.4, 0.5) is 0 Å². The van der Waals surface area contributed by atoms with Gasteiger partial charge in [0.25, 0.3) is 0 Å². The van der Waals surface area contributed by atoms with Crippen molar-refractivity contribution in [2.75, 3.05) is 19.6 Å². The number of hydrogen-bond donors (Lipinski definition) is 2. The second kappa shape index (κ2) is 3.97. The van der Waals surface area contributed by atoms with Gasteiger partial charge in [-0.3, -0.25) is 0 Å². The van der Waals surface area contributed by atoms with Gasteiger partial charge < -0.3 is 10.6 Å². The van der Waals surface area contributed by atoms with Crippen LogP contribution in [0, 0.1) is 5.92 Å². The zero-order valence-corrected chi connectivity index (χ0v) is 8.73. The molecule has 1 aliphatic carbocycles. The first-order chi connectivity index (χ1) is 6.35. The van der Waals surface area contributed by atoms with Gasteiger partial charge in [0.1, 0.15) is 0 Å². The fourth-order valence-corrected chi connectivity index (χ4v) is 2.28. The highest BCUT2D eigenvalue weighted by atomic mass is 15.1. The first-order valence-electron chi connectivity index (χ1n) is 5.80. The monoisotopic (exact) mass is 182 g/mol. The summed E-state index contributed by atoms with van der Waals surface area (Å²) in [4.78, 5) is 0. The van der Waals surface area contributed by atoms with Gasteiger partial charge in [0.15, 0.2) is 0 Å². The summed E-state index contributed by atoms with van der Waals surface area (Å²) in [5, 5.41) is 7.27. The first kappa shape index (κ1) is 9.47. The Balaban J connectivity index is 1.69.